The van der Waals surface area contributed by atoms with E-state index in [4.69, 9.17) is 10.5 Å². The Balaban J connectivity index is 2.66. The minimum atomic E-state index is -0.546. The molecule has 0 spiro atoms. The predicted molar refractivity (Wildman–Crippen MR) is 87.8 cm³/mol. The smallest absolute Gasteiger partial charge is 0.338 e. The first-order valence-corrected chi connectivity index (χ1v) is 7.17. The van der Waals surface area contributed by atoms with Crippen molar-refractivity contribution in [1.82, 2.24) is 4.90 Å². The van der Waals surface area contributed by atoms with Crippen LogP contribution < -0.4 is 11.1 Å². The molecule has 0 bridgehead atoms. The zero-order chi connectivity index (χ0) is 16.9. The fourth-order valence-electron chi connectivity index (χ4n) is 1.72. The molecule has 6 heteroatoms. The van der Waals surface area contributed by atoms with Crippen molar-refractivity contribution in [3.63, 3.8) is 0 Å². The van der Waals surface area contributed by atoms with Crippen LogP contribution in [0.3, 0.4) is 0 Å². The summed E-state index contributed by atoms with van der Waals surface area (Å²) in [6.07, 6.45) is 0.375. The standard InChI is InChI=1S/C16H25N3O3/c1-16(2,3)22-15(21)11-6-7-13(12(17)10-11)18-9-8-14(20)19(4)5/h6-7,10,18H,8-9,17H2,1-5H3. The molecule has 0 aliphatic carbocycles. The molecule has 1 amide bonds. The Morgan fingerprint density at radius 3 is 2.41 bits per heavy atom. The third kappa shape index (κ3) is 5.63. The fourth-order valence-corrected chi connectivity index (χ4v) is 1.72. The zero-order valence-electron chi connectivity index (χ0n) is 13.9. The van der Waals surface area contributed by atoms with Crippen LogP contribution in [0.2, 0.25) is 0 Å². The second kappa shape index (κ2) is 7.15. The summed E-state index contributed by atoms with van der Waals surface area (Å²) >= 11 is 0. The minimum absolute atomic E-state index is 0.0384. The Morgan fingerprint density at radius 1 is 1.27 bits per heavy atom. The lowest BCUT2D eigenvalue weighted by Gasteiger charge is -2.20. The van der Waals surface area contributed by atoms with E-state index in [0.717, 1.165) is 0 Å². The van der Waals surface area contributed by atoms with E-state index < -0.39 is 11.6 Å². The van der Waals surface area contributed by atoms with E-state index in [-0.39, 0.29) is 5.91 Å². The molecule has 1 rings (SSSR count). The van der Waals surface area contributed by atoms with Gasteiger partial charge in [-0.1, -0.05) is 0 Å². The molecule has 0 heterocycles. The molecule has 0 radical (unpaired) electrons. The zero-order valence-corrected chi connectivity index (χ0v) is 13.9. The van der Waals surface area contributed by atoms with Gasteiger partial charge in [0.05, 0.1) is 16.9 Å². The lowest BCUT2D eigenvalue weighted by atomic mass is 10.1. The van der Waals surface area contributed by atoms with Crippen LogP contribution in [0.15, 0.2) is 18.2 Å². The van der Waals surface area contributed by atoms with Gasteiger partial charge in [-0.25, -0.2) is 4.79 Å². The summed E-state index contributed by atoms with van der Waals surface area (Å²) in [4.78, 5) is 25.0. The topological polar surface area (TPSA) is 84.7 Å². The highest BCUT2D eigenvalue weighted by Gasteiger charge is 2.18. The fraction of sp³-hybridized carbons (Fsp3) is 0.500. The van der Waals surface area contributed by atoms with Crippen LogP contribution in [-0.4, -0.2) is 43.0 Å². The lowest BCUT2D eigenvalue weighted by molar-refractivity contribution is -0.128. The number of amides is 1. The number of nitrogens with one attached hydrogen (secondary N) is 1. The highest BCUT2D eigenvalue weighted by Crippen LogP contribution is 2.21. The average molecular weight is 307 g/mol. The van der Waals surface area contributed by atoms with Crippen LogP contribution >= 0.6 is 0 Å². The van der Waals surface area contributed by atoms with E-state index in [9.17, 15) is 9.59 Å². The number of esters is 1. The van der Waals surface area contributed by atoms with Gasteiger partial charge in [0.15, 0.2) is 0 Å². The van der Waals surface area contributed by atoms with E-state index in [0.29, 0.717) is 29.9 Å². The molecule has 0 saturated carbocycles. The number of benzene rings is 1. The van der Waals surface area contributed by atoms with Crippen LogP contribution in [-0.2, 0) is 9.53 Å². The van der Waals surface area contributed by atoms with Crippen molar-refractivity contribution < 1.29 is 14.3 Å². The number of nitrogen functional groups attached to an aromatic ring is 1. The first-order chi connectivity index (χ1) is 10.1. The molecule has 22 heavy (non-hydrogen) atoms. The summed E-state index contributed by atoms with van der Waals surface area (Å²) < 4.78 is 5.29. The molecule has 1 aromatic carbocycles. The van der Waals surface area contributed by atoms with Gasteiger partial charge in [-0.2, -0.15) is 0 Å². The Bertz CT molecular complexity index is 548. The Hall–Kier alpha value is -2.24. The third-order valence-electron chi connectivity index (χ3n) is 2.84. The van der Waals surface area contributed by atoms with Gasteiger partial charge in [0.25, 0.3) is 0 Å². The van der Waals surface area contributed by atoms with Gasteiger partial charge in [-0.3, -0.25) is 4.79 Å². The van der Waals surface area contributed by atoms with Crippen molar-refractivity contribution >= 4 is 23.3 Å². The van der Waals surface area contributed by atoms with Gasteiger partial charge in [0.2, 0.25) is 5.91 Å². The number of rotatable bonds is 5. The van der Waals surface area contributed by atoms with E-state index in [1.165, 1.54) is 4.90 Å². The number of ether oxygens (including phenoxy) is 1. The van der Waals surface area contributed by atoms with Gasteiger partial charge in [-0.15, -0.1) is 0 Å². The molecule has 0 aliphatic rings. The molecular formula is C16H25N3O3. The first-order valence-electron chi connectivity index (χ1n) is 7.17. The van der Waals surface area contributed by atoms with Crippen molar-refractivity contribution in [2.75, 3.05) is 31.7 Å². The molecule has 0 aliphatic heterocycles. The van der Waals surface area contributed by atoms with Gasteiger partial charge in [0.1, 0.15) is 5.60 Å². The van der Waals surface area contributed by atoms with Crippen molar-refractivity contribution in [1.29, 1.82) is 0 Å². The van der Waals surface area contributed by atoms with E-state index >= 15 is 0 Å². The molecule has 0 saturated heterocycles. The number of nitrogens with zero attached hydrogens (tertiary/aromatic N) is 1. The number of carbonyl (C=O) groups is 2. The van der Waals surface area contributed by atoms with Crippen LogP contribution in [0.4, 0.5) is 11.4 Å². The molecule has 6 nitrogen and oxygen atoms in total. The van der Waals surface area contributed by atoms with Gasteiger partial charge >= 0.3 is 5.97 Å². The van der Waals surface area contributed by atoms with Crippen molar-refractivity contribution in [2.45, 2.75) is 32.8 Å². The SMILES string of the molecule is CN(C)C(=O)CCNc1ccc(C(=O)OC(C)(C)C)cc1N. The Labute approximate surface area is 131 Å². The van der Waals surface area contributed by atoms with Gasteiger partial charge < -0.3 is 20.7 Å². The third-order valence-corrected chi connectivity index (χ3v) is 2.84. The van der Waals surface area contributed by atoms with E-state index in [1.807, 2.05) is 20.8 Å². The second-order valence-electron chi connectivity index (χ2n) is 6.27. The molecule has 1 aromatic rings. The summed E-state index contributed by atoms with van der Waals surface area (Å²) in [7, 11) is 3.43. The van der Waals surface area contributed by atoms with Crippen molar-refractivity contribution in [2.24, 2.45) is 0 Å². The molecular weight excluding hydrogens is 282 g/mol. The maximum atomic E-state index is 12.0. The average Bonchev–Trinajstić information content (AvgIpc) is 2.38. The van der Waals surface area contributed by atoms with Crippen LogP contribution in [0.1, 0.15) is 37.6 Å². The summed E-state index contributed by atoms with van der Waals surface area (Å²) in [5.74, 6) is -0.370. The maximum absolute atomic E-state index is 12.0. The number of anilines is 2. The maximum Gasteiger partial charge on any atom is 0.338 e. The highest BCUT2D eigenvalue weighted by molar-refractivity contribution is 5.92. The van der Waals surface area contributed by atoms with Crippen LogP contribution in [0.5, 0.6) is 0 Å². The van der Waals surface area contributed by atoms with Gasteiger partial charge in [-0.05, 0) is 39.0 Å². The summed E-state index contributed by atoms with van der Waals surface area (Å²) in [5, 5.41) is 3.09. The summed E-state index contributed by atoms with van der Waals surface area (Å²) in [6, 6.07) is 4.94. The monoisotopic (exact) mass is 307 g/mol. The number of hydrogen-bond donors (Lipinski definition) is 2. The van der Waals surface area contributed by atoms with Gasteiger partial charge in [0, 0.05) is 27.1 Å². The van der Waals surface area contributed by atoms with E-state index in [2.05, 4.69) is 5.32 Å². The van der Waals surface area contributed by atoms with Crippen LogP contribution in [0.25, 0.3) is 0 Å². The predicted octanol–water partition coefficient (Wildman–Crippen LogP) is 2.11. The normalized spacial score (nSPS) is 11.0. The van der Waals surface area contributed by atoms with Crippen LogP contribution in [0, 0.1) is 0 Å². The molecule has 3 N–H and O–H groups in total. The van der Waals surface area contributed by atoms with E-state index in [1.54, 1.807) is 32.3 Å². The number of nitrogens with two attached hydrogens (primary N) is 1. The number of hydrogen-bond acceptors (Lipinski definition) is 5. The lowest BCUT2D eigenvalue weighted by Crippen LogP contribution is -2.24. The molecule has 0 atom stereocenters. The van der Waals surface area contributed by atoms with Crippen molar-refractivity contribution in [3.8, 4) is 0 Å². The Kier molecular flexibility index (Phi) is 5.79. The molecule has 0 fully saturated rings. The summed E-state index contributed by atoms with van der Waals surface area (Å²) in [6.45, 7) is 5.91. The summed E-state index contributed by atoms with van der Waals surface area (Å²) in [5.41, 5.74) is 6.93. The second-order valence-corrected chi connectivity index (χ2v) is 6.27. The quantitative estimate of drug-likeness (QED) is 0.643. The number of carbonyl (C=O) groups excluding carboxylic acids is 2. The first kappa shape index (κ1) is 17.8. The highest BCUT2D eigenvalue weighted by atomic mass is 16.6. The molecule has 0 unspecified atom stereocenters. The minimum Gasteiger partial charge on any atom is -0.456 e. The largest absolute Gasteiger partial charge is 0.456 e. The Morgan fingerprint density at radius 2 is 1.91 bits per heavy atom. The van der Waals surface area contributed by atoms with Crippen molar-refractivity contribution in [3.05, 3.63) is 23.8 Å². The molecule has 0 aromatic heterocycles. The molecule has 122 valence electrons.